The SMILES string of the molecule is CC.NCCC(=O)O. The van der Waals surface area contributed by atoms with Gasteiger partial charge in [0.15, 0.2) is 0 Å². The van der Waals surface area contributed by atoms with E-state index >= 15 is 0 Å². The lowest BCUT2D eigenvalue weighted by Crippen LogP contribution is -2.05. The van der Waals surface area contributed by atoms with Crippen LogP contribution in [0.15, 0.2) is 0 Å². The van der Waals surface area contributed by atoms with Gasteiger partial charge >= 0.3 is 5.97 Å². The fraction of sp³-hybridized carbons (Fsp3) is 0.800. The molecule has 0 aliphatic rings. The van der Waals surface area contributed by atoms with Crippen LogP contribution in [0.2, 0.25) is 0 Å². The quantitative estimate of drug-likeness (QED) is 0.554. The van der Waals surface area contributed by atoms with Crippen LogP contribution in [0.25, 0.3) is 0 Å². The van der Waals surface area contributed by atoms with E-state index in [9.17, 15) is 4.79 Å². The van der Waals surface area contributed by atoms with Crippen molar-refractivity contribution in [3.05, 3.63) is 0 Å². The molecule has 3 heteroatoms. The molecule has 0 aromatic rings. The molecule has 50 valence electrons. The van der Waals surface area contributed by atoms with Crippen molar-refractivity contribution < 1.29 is 9.90 Å². The molecule has 0 atom stereocenters. The van der Waals surface area contributed by atoms with Crippen LogP contribution in [-0.4, -0.2) is 17.6 Å². The molecular weight excluding hydrogens is 106 g/mol. The molecular formula is C5H13NO2. The van der Waals surface area contributed by atoms with E-state index in [2.05, 4.69) is 0 Å². The monoisotopic (exact) mass is 119 g/mol. The lowest BCUT2D eigenvalue weighted by molar-refractivity contribution is -0.136. The molecule has 0 aromatic heterocycles. The molecule has 0 saturated carbocycles. The molecule has 0 bridgehead atoms. The number of hydrogen-bond acceptors (Lipinski definition) is 2. The molecule has 0 heterocycles. The third-order valence-electron chi connectivity index (χ3n) is 0.358. The van der Waals surface area contributed by atoms with Crippen molar-refractivity contribution in [2.45, 2.75) is 20.3 Å². The van der Waals surface area contributed by atoms with E-state index in [4.69, 9.17) is 10.8 Å². The summed E-state index contributed by atoms with van der Waals surface area (Å²) in [4.78, 5) is 9.52. The molecule has 8 heavy (non-hydrogen) atoms. The maximum Gasteiger partial charge on any atom is 0.304 e. The van der Waals surface area contributed by atoms with E-state index in [1.807, 2.05) is 13.8 Å². The highest BCUT2D eigenvalue weighted by Crippen LogP contribution is 1.67. The van der Waals surface area contributed by atoms with E-state index in [-0.39, 0.29) is 13.0 Å². The highest BCUT2D eigenvalue weighted by atomic mass is 16.4. The van der Waals surface area contributed by atoms with Gasteiger partial charge in [-0.3, -0.25) is 4.79 Å². The summed E-state index contributed by atoms with van der Waals surface area (Å²) in [5.41, 5.74) is 4.85. The summed E-state index contributed by atoms with van der Waals surface area (Å²) in [6, 6.07) is 0. The Kier molecular flexibility index (Phi) is 12.6. The second-order valence-electron chi connectivity index (χ2n) is 0.932. The zero-order valence-electron chi connectivity index (χ0n) is 5.35. The summed E-state index contributed by atoms with van der Waals surface area (Å²) in [6.07, 6.45) is 0.0694. The van der Waals surface area contributed by atoms with Crippen molar-refractivity contribution >= 4 is 5.97 Å². The maximum absolute atomic E-state index is 9.52. The van der Waals surface area contributed by atoms with Gasteiger partial charge in [0.1, 0.15) is 0 Å². The summed E-state index contributed by atoms with van der Waals surface area (Å²) in [7, 11) is 0. The van der Waals surface area contributed by atoms with E-state index in [0.717, 1.165) is 0 Å². The first-order valence-corrected chi connectivity index (χ1v) is 2.69. The Balaban J connectivity index is 0. The Bertz CT molecular complexity index is 54.4. The molecule has 0 rings (SSSR count). The van der Waals surface area contributed by atoms with E-state index in [1.54, 1.807) is 0 Å². The molecule has 0 unspecified atom stereocenters. The molecule has 3 N–H and O–H groups in total. The summed E-state index contributed by atoms with van der Waals surface area (Å²) in [6.45, 7) is 4.23. The third kappa shape index (κ3) is 18.0. The van der Waals surface area contributed by atoms with Crippen molar-refractivity contribution in [3.8, 4) is 0 Å². The van der Waals surface area contributed by atoms with E-state index in [0.29, 0.717) is 0 Å². The van der Waals surface area contributed by atoms with Crippen LogP contribution in [0.1, 0.15) is 20.3 Å². The van der Waals surface area contributed by atoms with Crippen molar-refractivity contribution in [1.82, 2.24) is 0 Å². The van der Waals surface area contributed by atoms with E-state index in [1.165, 1.54) is 0 Å². The van der Waals surface area contributed by atoms with Crippen LogP contribution < -0.4 is 5.73 Å². The first-order chi connectivity index (χ1) is 3.77. The number of carboxylic acids is 1. The molecule has 0 spiro atoms. The Morgan fingerprint density at radius 1 is 1.62 bits per heavy atom. The van der Waals surface area contributed by atoms with Crippen molar-refractivity contribution in [1.29, 1.82) is 0 Å². The zero-order valence-corrected chi connectivity index (χ0v) is 5.35. The average Bonchev–Trinajstić information content (AvgIpc) is 1.72. The number of aliphatic carboxylic acids is 1. The van der Waals surface area contributed by atoms with Crippen LogP contribution in [0, 0.1) is 0 Å². The summed E-state index contributed by atoms with van der Waals surface area (Å²) in [5.74, 6) is -0.836. The highest BCUT2D eigenvalue weighted by molar-refractivity contribution is 5.66. The summed E-state index contributed by atoms with van der Waals surface area (Å²) in [5, 5.41) is 7.83. The van der Waals surface area contributed by atoms with Gasteiger partial charge in [-0.15, -0.1) is 0 Å². The van der Waals surface area contributed by atoms with Gasteiger partial charge in [0.05, 0.1) is 6.42 Å². The van der Waals surface area contributed by atoms with Crippen molar-refractivity contribution in [3.63, 3.8) is 0 Å². The van der Waals surface area contributed by atoms with Gasteiger partial charge in [0.25, 0.3) is 0 Å². The minimum Gasteiger partial charge on any atom is -0.481 e. The maximum atomic E-state index is 9.52. The van der Waals surface area contributed by atoms with Gasteiger partial charge in [-0.25, -0.2) is 0 Å². The number of carboxylic acid groups (broad SMARTS) is 1. The molecule has 0 radical (unpaired) electrons. The first kappa shape index (κ1) is 10.4. The molecule has 0 aromatic carbocycles. The topological polar surface area (TPSA) is 63.3 Å². The molecule has 0 fully saturated rings. The average molecular weight is 119 g/mol. The Morgan fingerprint density at radius 2 is 2.00 bits per heavy atom. The molecule has 0 aliphatic heterocycles. The molecule has 0 amide bonds. The summed E-state index contributed by atoms with van der Waals surface area (Å²) < 4.78 is 0. The van der Waals surface area contributed by atoms with Gasteiger partial charge in [-0.2, -0.15) is 0 Å². The number of rotatable bonds is 2. The Labute approximate surface area is 49.5 Å². The lowest BCUT2D eigenvalue weighted by atomic mass is 10.5. The predicted molar refractivity (Wildman–Crippen MR) is 32.7 cm³/mol. The van der Waals surface area contributed by atoms with Crippen LogP contribution in [-0.2, 0) is 4.79 Å². The summed E-state index contributed by atoms with van der Waals surface area (Å²) >= 11 is 0. The number of hydrogen-bond donors (Lipinski definition) is 2. The number of nitrogens with two attached hydrogens (primary N) is 1. The van der Waals surface area contributed by atoms with Crippen LogP contribution in [0.3, 0.4) is 0 Å². The van der Waals surface area contributed by atoms with Crippen LogP contribution in [0.5, 0.6) is 0 Å². The van der Waals surface area contributed by atoms with Crippen LogP contribution in [0.4, 0.5) is 0 Å². The predicted octanol–water partition coefficient (Wildman–Crippen LogP) is 0.446. The largest absolute Gasteiger partial charge is 0.481 e. The minimum absolute atomic E-state index is 0.0694. The molecule has 3 nitrogen and oxygen atoms in total. The fourth-order valence-electron chi connectivity index (χ4n) is 0.123. The fourth-order valence-corrected chi connectivity index (χ4v) is 0.123. The minimum atomic E-state index is -0.836. The van der Waals surface area contributed by atoms with Gasteiger partial charge in [-0.05, 0) is 0 Å². The first-order valence-electron chi connectivity index (χ1n) is 2.69. The van der Waals surface area contributed by atoms with Gasteiger partial charge in [0, 0.05) is 6.54 Å². The Morgan fingerprint density at radius 3 is 2.00 bits per heavy atom. The Hall–Kier alpha value is -0.570. The molecule has 0 saturated heterocycles. The second kappa shape index (κ2) is 9.66. The van der Waals surface area contributed by atoms with Crippen LogP contribution >= 0.6 is 0 Å². The van der Waals surface area contributed by atoms with Gasteiger partial charge in [-0.1, -0.05) is 13.8 Å². The van der Waals surface area contributed by atoms with Gasteiger partial charge in [0.2, 0.25) is 0 Å². The normalized spacial score (nSPS) is 6.88. The third-order valence-corrected chi connectivity index (χ3v) is 0.358. The second-order valence-corrected chi connectivity index (χ2v) is 0.932. The lowest BCUT2D eigenvalue weighted by Gasteiger charge is -1.80. The standard InChI is InChI=1S/C3H7NO2.C2H6/c4-2-1-3(5)6;1-2/h1-2,4H2,(H,5,6);1-2H3. The molecule has 0 aliphatic carbocycles. The van der Waals surface area contributed by atoms with Crippen molar-refractivity contribution in [2.24, 2.45) is 5.73 Å². The highest BCUT2D eigenvalue weighted by Gasteiger charge is 1.87. The smallest absolute Gasteiger partial charge is 0.304 e. The van der Waals surface area contributed by atoms with Crippen molar-refractivity contribution in [2.75, 3.05) is 6.54 Å². The van der Waals surface area contributed by atoms with Gasteiger partial charge < -0.3 is 10.8 Å². The zero-order chi connectivity index (χ0) is 6.99. The van der Waals surface area contributed by atoms with E-state index < -0.39 is 5.97 Å². The number of carbonyl (C=O) groups is 1.